The molecule has 1 fully saturated rings. The normalized spacial score (nSPS) is 24.4. The van der Waals surface area contributed by atoms with E-state index in [1.165, 1.54) is 0 Å². The molecule has 3 N–H and O–H groups in total. The minimum Gasteiger partial charge on any atom is -0.504 e. The van der Waals surface area contributed by atoms with Crippen LogP contribution in [0.5, 0.6) is 11.5 Å². The van der Waals surface area contributed by atoms with E-state index in [2.05, 4.69) is 27.9 Å². The molecule has 0 spiro atoms. The number of halogens is 1. The SMILES string of the molecule is COc1c(Br)ccc(C2CC(CN)CN2C)c1O. The minimum absolute atomic E-state index is 0.209. The number of phenolic OH excluding ortho intramolecular Hbond substituents is 1. The van der Waals surface area contributed by atoms with Gasteiger partial charge < -0.3 is 15.6 Å². The smallest absolute Gasteiger partial charge is 0.175 e. The van der Waals surface area contributed by atoms with E-state index in [0.29, 0.717) is 18.2 Å². The maximum Gasteiger partial charge on any atom is 0.175 e. The lowest BCUT2D eigenvalue weighted by Crippen LogP contribution is -2.20. The Bertz CT molecular complexity index is 439. The number of aromatic hydroxyl groups is 1. The molecule has 4 nitrogen and oxygen atoms in total. The van der Waals surface area contributed by atoms with Crippen molar-refractivity contribution in [3.05, 3.63) is 22.2 Å². The Morgan fingerprint density at radius 3 is 2.83 bits per heavy atom. The van der Waals surface area contributed by atoms with Crippen molar-refractivity contribution in [3.8, 4) is 11.5 Å². The van der Waals surface area contributed by atoms with Crippen LogP contribution in [0.15, 0.2) is 16.6 Å². The van der Waals surface area contributed by atoms with Gasteiger partial charge in [0.25, 0.3) is 0 Å². The molecule has 2 atom stereocenters. The lowest BCUT2D eigenvalue weighted by molar-refractivity contribution is 0.300. The highest BCUT2D eigenvalue weighted by atomic mass is 79.9. The van der Waals surface area contributed by atoms with E-state index in [1.807, 2.05) is 12.1 Å². The number of likely N-dealkylation sites (tertiary alicyclic amines) is 1. The molecule has 0 aliphatic carbocycles. The summed E-state index contributed by atoms with van der Waals surface area (Å²) in [4.78, 5) is 2.24. The molecule has 1 aliphatic heterocycles. The van der Waals surface area contributed by atoms with E-state index in [1.54, 1.807) is 7.11 Å². The maximum absolute atomic E-state index is 10.3. The molecule has 0 aromatic heterocycles. The van der Waals surface area contributed by atoms with Crippen molar-refractivity contribution >= 4 is 15.9 Å². The fourth-order valence-corrected chi connectivity index (χ4v) is 3.15. The van der Waals surface area contributed by atoms with Gasteiger partial charge in [-0.3, -0.25) is 4.90 Å². The zero-order valence-corrected chi connectivity index (χ0v) is 12.3. The molecule has 5 heteroatoms. The van der Waals surface area contributed by atoms with E-state index < -0.39 is 0 Å². The summed E-state index contributed by atoms with van der Waals surface area (Å²) in [6.45, 7) is 1.66. The predicted octanol–water partition coefficient (Wildman–Crippen LogP) is 2.11. The Morgan fingerprint density at radius 1 is 1.56 bits per heavy atom. The Kier molecular flexibility index (Phi) is 4.14. The lowest BCUT2D eigenvalue weighted by Gasteiger charge is -2.21. The van der Waals surface area contributed by atoms with Crippen LogP contribution in [0.4, 0.5) is 0 Å². The van der Waals surface area contributed by atoms with Crippen molar-refractivity contribution in [2.45, 2.75) is 12.5 Å². The third kappa shape index (κ3) is 2.35. The van der Waals surface area contributed by atoms with Gasteiger partial charge in [-0.15, -0.1) is 0 Å². The Morgan fingerprint density at radius 2 is 2.28 bits per heavy atom. The number of phenols is 1. The molecule has 0 radical (unpaired) electrons. The second kappa shape index (κ2) is 5.47. The van der Waals surface area contributed by atoms with Crippen LogP contribution in [-0.2, 0) is 0 Å². The van der Waals surface area contributed by atoms with Crippen molar-refractivity contribution in [1.29, 1.82) is 0 Å². The fourth-order valence-electron chi connectivity index (χ4n) is 2.66. The quantitative estimate of drug-likeness (QED) is 0.897. The standard InChI is InChI=1S/C13H19BrN2O2/c1-16-7-8(6-15)5-11(16)9-3-4-10(14)13(18-2)12(9)17/h3-4,8,11,17H,5-7,15H2,1-2H3. The van der Waals surface area contributed by atoms with E-state index in [9.17, 15) is 5.11 Å². The molecular weight excluding hydrogens is 296 g/mol. The Labute approximate surface area is 116 Å². The second-order valence-electron chi connectivity index (χ2n) is 4.81. The molecule has 18 heavy (non-hydrogen) atoms. The second-order valence-corrected chi connectivity index (χ2v) is 5.67. The topological polar surface area (TPSA) is 58.7 Å². The number of rotatable bonds is 3. The molecule has 1 saturated heterocycles. The van der Waals surface area contributed by atoms with Gasteiger partial charge >= 0.3 is 0 Å². The van der Waals surface area contributed by atoms with Crippen LogP contribution in [0.3, 0.4) is 0 Å². The van der Waals surface area contributed by atoms with Crippen LogP contribution in [0.2, 0.25) is 0 Å². The molecular formula is C13H19BrN2O2. The highest BCUT2D eigenvalue weighted by Crippen LogP contribution is 2.44. The number of nitrogens with zero attached hydrogens (tertiary/aromatic N) is 1. The summed E-state index contributed by atoms with van der Waals surface area (Å²) in [6.07, 6.45) is 0.978. The molecule has 1 heterocycles. The first-order valence-corrected chi connectivity index (χ1v) is 6.83. The van der Waals surface area contributed by atoms with Gasteiger partial charge in [0.2, 0.25) is 0 Å². The first-order chi connectivity index (χ1) is 8.58. The molecule has 0 bridgehead atoms. The molecule has 1 aliphatic rings. The number of hydrogen-bond acceptors (Lipinski definition) is 4. The molecule has 2 rings (SSSR count). The van der Waals surface area contributed by atoms with E-state index >= 15 is 0 Å². The predicted molar refractivity (Wildman–Crippen MR) is 74.9 cm³/mol. The zero-order valence-electron chi connectivity index (χ0n) is 10.7. The van der Waals surface area contributed by atoms with Gasteiger partial charge in [-0.2, -0.15) is 0 Å². The Hall–Kier alpha value is -0.780. The highest BCUT2D eigenvalue weighted by Gasteiger charge is 2.32. The van der Waals surface area contributed by atoms with E-state index in [-0.39, 0.29) is 11.8 Å². The molecule has 1 aromatic carbocycles. The van der Waals surface area contributed by atoms with Gasteiger partial charge in [-0.1, -0.05) is 6.07 Å². The summed E-state index contributed by atoms with van der Waals surface area (Å²) in [5, 5.41) is 10.3. The van der Waals surface area contributed by atoms with Gasteiger partial charge in [0, 0.05) is 18.2 Å². The van der Waals surface area contributed by atoms with E-state index in [4.69, 9.17) is 10.5 Å². The summed E-state index contributed by atoms with van der Waals surface area (Å²) < 4.78 is 5.99. The lowest BCUT2D eigenvalue weighted by atomic mass is 9.99. The summed E-state index contributed by atoms with van der Waals surface area (Å²) >= 11 is 3.37. The van der Waals surface area contributed by atoms with Gasteiger partial charge in [0.15, 0.2) is 11.5 Å². The molecule has 100 valence electrons. The van der Waals surface area contributed by atoms with Crippen LogP contribution < -0.4 is 10.5 Å². The highest BCUT2D eigenvalue weighted by molar-refractivity contribution is 9.10. The summed E-state index contributed by atoms with van der Waals surface area (Å²) in [7, 11) is 3.62. The van der Waals surface area contributed by atoms with Gasteiger partial charge in [0.05, 0.1) is 11.6 Å². The van der Waals surface area contributed by atoms with Crippen LogP contribution in [-0.4, -0.2) is 37.3 Å². The van der Waals surface area contributed by atoms with E-state index in [0.717, 1.165) is 23.0 Å². The van der Waals surface area contributed by atoms with Crippen LogP contribution >= 0.6 is 15.9 Å². The fraction of sp³-hybridized carbons (Fsp3) is 0.538. The first-order valence-electron chi connectivity index (χ1n) is 6.04. The number of hydrogen-bond donors (Lipinski definition) is 2. The third-order valence-corrected chi connectivity index (χ3v) is 4.27. The molecule has 1 aromatic rings. The monoisotopic (exact) mass is 314 g/mol. The minimum atomic E-state index is 0.209. The number of nitrogens with two attached hydrogens (primary N) is 1. The van der Waals surface area contributed by atoms with Crippen molar-refractivity contribution in [2.75, 3.05) is 27.2 Å². The average Bonchev–Trinajstić information content (AvgIpc) is 2.71. The summed E-state index contributed by atoms with van der Waals surface area (Å²) in [5.74, 6) is 1.22. The largest absolute Gasteiger partial charge is 0.504 e. The molecule has 2 unspecified atom stereocenters. The zero-order chi connectivity index (χ0) is 13.3. The van der Waals surface area contributed by atoms with Crippen molar-refractivity contribution in [2.24, 2.45) is 11.7 Å². The maximum atomic E-state index is 10.3. The van der Waals surface area contributed by atoms with Crippen molar-refractivity contribution in [1.82, 2.24) is 4.90 Å². The van der Waals surface area contributed by atoms with Crippen molar-refractivity contribution in [3.63, 3.8) is 0 Å². The average molecular weight is 315 g/mol. The van der Waals surface area contributed by atoms with Crippen molar-refractivity contribution < 1.29 is 9.84 Å². The van der Waals surface area contributed by atoms with Gasteiger partial charge in [0.1, 0.15) is 0 Å². The van der Waals surface area contributed by atoms with Crippen LogP contribution in [0.25, 0.3) is 0 Å². The van der Waals surface area contributed by atoms with Crippen LogP contribution in [0, 0.1) is 5.92 Å². The molecule has 0 saturated carbocycles. The Balaban J connectivity index is 2.34. The van der Waals surface area contributed by atoms with Crippen LogP contribution in [0.1, 0.15) is 18.0 Å². The number of ether oxygens (including phenoxy) is 1. The van der Waals surface area contributed by atoms with Gasteiger partial charge in [-0.25, -0.2) is 0 Å². The summed E-state index contributed by atoms with van der Waals surface area (Å²) in [5.41, 5.74) is 6.64. The number of methoxy groups -OCH3 is 1. The summed E-state index contributed by atoms with van der Waals surface area (Å²) in [6, 6.07) is 4.07. The van der Waals surface area contributed by atoms with Gasteiger partial charge in [-0.05, 0) is 47.9 Å². The first kappa shape index (κ1) is 13.6. The number of benzene rings is 1. The third-order valence-electron chi connectivity index (χ3n) is 3.65. The molecule has 0 amide bonds.